The van der Waals surface area contributed by atoms with Gasteiger partial charge < -0.3 is 9.84 Å². The van der Waals surface area contributed by atoms with E-state index in [0.717, 1.165) is 25.0 Å². The van der Waals surface area contributed by atoms with Gasteiger partial charge in [0.05, 0.1) is 19.3 Å². The molecule has 0 amide bonds. The van der Waals surface area contributed by atoms with Crippen molar-refractivity contribution < 1.29 is 9.84 Å². The summed E-state index contributed by atoms with van der Waals surface area (Å²) in [5, 5.41) is 9.68. The molecule has 1 heterocycles. The second-order valence-electron chi connectivity index (χ2n) is 4.91. The fourth-order valence-electron chi connectivity index (χ4n) is 2.96. The van der Waals surface area contributed by atoms with Gasteiger partial charge >= 0.3 is 0 Å². The first-order chi connectivity index (χ1) is 8.28. The van der Waals surface area contributed by atoms with Crippen LogP contribution in [0, 0.1) is 0 Å². The number of methoxy groups -OCH3 is 1. The van der Waals surface area contributed by atoms with E-state index in [1.54, 1.807) is 7.11 Å². The number of hydrogen-bond donors (Lipinski definition) is 1. The minimum Gasteiger partial charge on any atom is -0.497 e. The second kappa shape index (κ2) is 4.15. The Hall–Kier alpha value is -1.35. The van der Waals surface area contributed by atoms with Gasteiger partial charge in [-0.2, -0.15) is 0 Å². The summed E-state index contributed by atoms with van der Waals surface area (Å²) in [6.07, 6.45) is 4.47. The van der Waals surface area contributed by atoms with Crippen LogP contribution < -0.4 is 4.74 Å². The molecule has 1 N–H and O–H groups in total. The Morgan fingerprint density at radius 2 is 2.24 bits per heavy atom. The molecule has 1 aliphatic carbocycles. The fraction of sp³-hybridized carbons (Fsp3) is 0.500. The van der Waals surface area contributed by atoms with E-state index < -0.39 is 0 Å². The van der Waals surface area contributed by atoms with E-state index in [9.17, 15) is 5.11 Å². The number of nitrogens with zero attached hydrogens (tertiary/aromatic N) is 1. The molecule has 1 aromatic carbocycles. The van der Waals surface area contributed by atoms with Crippen molar-refractivity contribution in [2.45, 2.75) is 37.3 Å². The van der Waals surface area contributed by atoms with Gasteiger partial charge in [0.2, 0.25) is 0 Å². The van der Waals surface area contributed by atoms with Crippen LogP contribution in [0.25, 0.3) is 0 Å². The Balaban J connectivity index is 1.96. The summed E-state index contributed by atoms with van der Waals surface area (Å²) in [5.74, 6) is 1.36. The minimum absolute atomic E-state index is 0.173. The van der Waals surface area contributed by atoms with E-state index >= 15 is 0 Å². The van der Waals surface area contributed by atoms with Crippen molar-refractivity contribution in [2.75, 3.05) is 7.11 Å². The van der Waals surface area contributed by atoms with Crippen molar-refractivity contribution in [3.63, 3.8) is 0 Å². The Morgan fingerprint density at radius 1 is 1.35 bits per heavy atom. The average molecular weight is 231 g/mol. The van der Waals surface area contributed by atoms with Gasteiger partial charge in [0.15, 0.2) is 0 Å². The zero-order valence-electron chi connectivity index (χ0n) is 9.97. The monoisotopic (exact) mass is 231 g/mol. The lowest BCUT2D eigenvalue weighted by molar-refractivity contribution is 0.111. The Kier molecular flexibility index (Phi) is 2.63. The van der Waals surface area contributed by atoms with E-state index in [2.05, 4.69) is 11.1 Å². The van der Waals surface area contributed by atoms with Crippen LogP contribution in [0.2, 0.25) is 0 Å². The largest absolute Gasteiger partial charge is 0.497 e. The SMILES string of the molecule is COc1ccc2c(c1)C=NC1CC(O)CCC21. The molecule has 3 heteroatoms. The molecule has 1 saturated carbocycles. The predicted octanol–water partition coefficient (Wildman–Crippen LogP) is 2.12. The molecule has 17 heavy (non-hydrogen) atoms. The van der Waals surface area contributed by atoms with Gasteiger partial charge in [-0.1, -0.05) is 6.07 Å². The Morgan fingerprint density at radius 3 is 3.06 bits per heavy atom. The molecule has 3 rings (SSSR count). The molecular weight excluding hydrogens is 214 g/mol. The number of aliphatic hydroxyl groups excluding tert-OH is 1. The van der Waals surface area contributed by atoms with Crippen LogP contribution in [0.1, 0.15) is 36.3 Å². The lowest BCUT2D eigenvalue weighted by Gasteiger charge is -2.35. The fourth-order valence-corrected chi connectivity index (χ4v) is 2.96. The van der Waals surface area contributed by atoms with Crippen LogP contribution >= 0.6 is 0 Å². The third-order valence-electron chi connectivity index (χ3n) is 3.89. The number of fused-ring (bicyclic) bond motifs is 3. The van der Waals surface area contributed by atoms with Crippen molar-refractivity contribution in [3.05, 3.63) is 29.3 Å². The topological polar surface area (TPSA) is 41.8 Å². The molecule has 0 radical (unpaired) electrons. The third-order valence-corrected chi connectivity index (χ3v) is 3.89. The number of hydrogen-bond acceptors (Lipinski definition) is 3. The molecule has 0 saturated heterocycles. The van der Waals surface area contributed by atoms with Crippen molar-refractivity contribution >= 4 is 6.21 Å². The number of ether oxygens (including phenoxy) is 1. The van der Waals surface area contributed by atoms with Crippen molar-refractivity contribution in [1.82, 2.24) is 0 Å². The van der Waals surface area contributed by atoms with Crippen LogP contribution in [0.4, 0.5) is 0 Å². The van der Waals surface area contributed by atoms with Gasteiger partial charge in [0, 0.05) is 12.1 Å². The van der Waals surface area contributed by atoms with Gasteiger partial charge in [-0.05, 0) is 42.5 Å². The highest BCUT2D eigenvalue weighted by molar-refractivity contribution is 5.84. The standard InChI is InChI=1S/C14H17NO2/c1-17-11-3-5-12-9(6-11)8-15-14-7-10(16)2-4-13(12)14/h3,5-6,8,10,13-14,16H,2,4,7H2,1H3. The molecule has 0 spiro atoms. The summed E-state index contributed by atoms with van der Waals surface area (Å²) in [4.78, 5) is 4.58. The molecular formula is C14H17NO2. The number of aliphatic hydroxyl groups is 1. The number of benzene rings is 1. The summed E-state index contributed by atoms with van der Waals surface area (Å²) >= 11 is 0. The van der Waals surface area contributed by atoms with Crippen LogP contribution in [0.15, 0.2) is 23.2 Å². The molecule has 0 bridgehead atoms. The molecule has 0 aromatic heterocycles. The molecule has 1 aromatic rings. The Bertz CT molecular complexity index is 456. The Labute approximate surface area is 101 Å². The van der Waals surface area contributed by atoms with Crippen LogP contribution in [0.3, 0.4) is 0 Å². The van der Waals surface area contributed by atoms with E-state index in [1.165, 1.54) is 11.1 Å². The molecule has 3 atom stereocenters. The van der Waals surface area contributed by atoms with Crippen molar-refractivity contribution in [3.8, 4) is 5.75 Å². The summed E-state index contributed by atoms with van der Waals surface area (Å²) in [7, 11) is 1.68. The van der Waals surface area contributed by atoms with E-state index in [4.69, 9.17) is 4.74 Å². The summed E-state index contributed by atoms with van der Waals surface area (Å²) in [6.45, 7) is 0. The second-order valence-corrected chi connectivity index (χ2v) is 4.91. The van der Waals surface area contributed by atoms with Gasteiger partial charge in [-0.15, -0.1) is 0 Å². The molecule has 3 unspecified atom stereocenters. The third kappa shape index (κ3) is 1.84. The first kappa shape index (κ1) is 10.8. The lowest BCUT2D eigenvalue weighted by atomic mass is 9.76. The maximum Gasteiger partial charge on any atom is 0.119 e. The van der Waals surface area contributed by atoms with Crippen molar-refractivity contribution in [2.24, 2.45) is 4.99 Å². The van der Waals surface area contributed by atoms with Gasteiger partial charge in [0.1, 0.15) is 5.75 Å². The van der Waals surface area contributed by atoms with Crippen LogP contribution in [-0.4, -0.2) is 30.6 Å². The first-order valence-corrected chi connectivity index (χ1v) is 6.17. The molecule has 3 nitrogen and oxygen atoms in total. The zero-order valence-corrected chi connectivity index (χ0v) is 9.97. The summed E-state index contributed by atoms with van der Waals surface area (Å²) < 4.78 is 5.23. The highest BCUT2D eigenvalue weighted by Gasteiger charge is 2.33. The highest BCUT2D eigenvalue weighted by Crippen LogP contribution is 2.39. The smallest absolute Gasteiger partial charge is 0.119 e. The van der Waals surface area contributed by atoms with E-state index in [0.29, 0.717) is 5.92 Å². The maximum absolute atomic E-state index is 9.68. The lowest BCUT2D eigenvalue weighted by Crippen LogP contribution is -2.32. The van der Waals surface area contributed by atoms with Gasteiger partial charge in [-0.25, -0.2) is 0 Å². The van der Waals surface area contributed by atoms with Gasteiger partial charge in [-0.3, -0.25) is 4.99 Å². The van der Waals surface area contributed by atoms with Crippen molar-refractivity contribution in [1.29, 1.82) is 0 Å². The maximum atomic E-state index is 9.68. The van der Waals surface area contributed by atoms with E-state index in [-0.39, 0.29) is 12.1 Å². The first-order valence-electron chi connectivity index (χ1n) is 6.17. The highest BCUT2D eigenvalue weighted by atomic mass is 16.5. The predicted molar refractivity (Wildman–Crippen MR) is 67.0 cm³/mol. The molecule has 1 fully saturated rings. The minimum atomic E-state index is -0.173. The molecule has 1 aliphatic heterocycles. The average Bonchev–Trinajstić information content (AvgIpc) is 2.37. The van der Waals surface area contributed by atoms with Crippen LogP contribution in [-0.2, 0) is 0 Å². The number of rotatable bonds is 1. The normalized spacial score (nSPS) is 30.6. The van der Waals surface area contributed by atoms with Crippen LogP contribution in [0.5, 0.6) is 5.75 Å². The molecule has 90 valence electrons. The van der Waals surface area contributed by atoms with Gasteiger partial charge in [0.25, 0.3) is 0 Å². The number of aliphatic imine (C=N–C) groups is 1. The summed E-state index contributed by atoms with van der Waals surface area (Å²) in [5.41, 5.74) is 2.53. The molecule has 2 aliphatic rings. The van der Waals surface area contributed by atoms with E-state index in [1.807, 2.05) is 18.3 Å². The zero-order chi connectivity index (χ0) is 11.8. The summed E-state index contributed by atoms with van der Waals surface area (Å²) in [6, 6.07) is 6.47. The quantitative estimate of drug-likeness (QED) is 0.804.